The van der Waals surface area contributed by atoms with Crippen molar-refractivity contribution in [3.05, 3.63) is 41.2 Å². The van der Waals surface area contributed by atoms with Gasteiger partial charge >= 0.3 is 0 Å². The minimum atomic E-state index is -0.545. The molecule has 25 heavy (non-hydrogen) atoms. The third-order valence-electron chi connectivity index (χ3n) is 4.46. The molecular formula is C18H28N6O. The maximum Gasteiger partial charge on any atom is 0.128 e. The molecule has 2 aromatic heterocycles. The predicted octanol–water partition coefficient (Wildman–Crippen LogP) is 1.24. The molecule has 1 atom stereocenters. The number of aryl methyl sites for hydroxylation is 2. The molecule has 0 aliphatic carbocycles. The van der Waals surface area contributed by atoms with Crippen molar-refractivity contribution in [3.63, 3.8) is 0 Å². The Morgan fingerprint density at radius 2 is 2.16 bits per heavy atom. The number of aliphatic hydroxyl groups excluding tert-OH is 1. The molecule has 2 aromatic rings. The van der Waals surface area contributed by atoms with Gasteiger partial charge in [-0.3, -0.25) is 9.58 Å². The number of aromatic nitrogens is 4. The third kappa shape index (κ3) is 4.62. The molecule has 0 aromatic carbocycles. The highest BCUT2D eigenvalue weighted by atomic mass is 16.3. The molecule has 7 nitrogen and oxygen atoms in total. The monoisotopic (exact) mass is 344 g/mol. The Morgan fingerprint density at radius 3 is 2.92 bits per heavy atom. The van der Waals surface area contributed by atoms with Crippen LogP contribution in [-0.2, 0) is 26.1 Å². The highest BCUT2D eigenvalue weighted by Crippen LogP contribution is 2.19. The van der Waals surface area contributed by atoms with Gasteiger partial charge in [-0.2, -0.15) is 5.10 Å². The van der Waals surface area contributed by atoms with E-state index in [0.29, 0.717) is 6.54 Å². The summed E-state index contributed by atoms with van der Waals surface area (Å²) in [6, 6.07) is 4.04. The van der Waals surface area contributed by atoms with Crippen LogP contribution >= 0.6 is 0 Å². The Labute approximate surface area is 149 Å². The second-order valence-electron chi connectivity index (χ2n) is 6.94. The van der Waals surface area contributed by atoms with Crippen LogP contribution in [0.4, 0.5) is 0 Å². The summed E-state index contributed by atoms with van der Waals surface area (Å²) >= 11 is 0. The van der Waals surface area contributed by atoms with Crippen molar-refractivity contribution in [1.82, 2.24) is 29.5 Å². The molecule has 1 aliphatic heterocycles. The zero-order valence-corrected chi connectivity index (χ0v) is 15.4. The molecule has 3 heterocycles. The van der Waals surface area contributed by atoms with Crippen molar-refractivity contribution in [2.45, 2.75) is 45.5 Å². The Bertz CT molecular complexity index is 699. The lowest BCUT2D eigenvalue weighted by molar-refractivity contribution is 0.133. The minimum Gasteiger partial charge on any atom is -0.385 e. The van der Waals surface area contributed by atoms with Crippen molar-refractivity contribution in [2.75, 3.05) is 27.2 Å². The van der Waals surface area contributed by atoms with Crippen LogP contribution in [-0.4, -0.2) is 61.8 Å². The van der Waals surface area contributed by atoms with Crippen LogP contribution in [0.3, 0.4) is 0 Å². The molecule has 0 spiro atoms. The summed E-state index contributed by atoms with van der Waals surface area (Å²) in [7, 11) is 3.91. The van der Waals surface area contributed by atoms with E-state index in [2.05, 4.69) is 26.9 Å². The first-order chi connectivity index (χ1) is 12.0. The quantitative estimate of drug-likeness (QED) is 0.850. The summed E-state index contributed by atoms with van der Waals surface area (Å²) in [5, 5.41) is 14.9. The topological polar surface area (TPSA) is 70.3 Å². The van der Waals surface area contributed by atoms with Crippen molar-refractivity contribution < 1.29 is 5.11 Å². The lowest BCUT2D eigenvalue weighted by Gasteiger charge is -2.19. The van der Waals surface area contributed by atoms with E-state index in [1.807, 2.05) is 42.0 Å². The van der Waals surface area contributed by atoms with Crippen molar-refractivity contribution in [3.8, 4) is 0 Å². The van der Waals surface area contributed by atoms with Gasteiger partial charge in [0.1, 0.15) is 11.9 Å². The van der Waals surface area contributed by atoms with E-state index in [-0.39, 0.29) is 0 Å². The highest BCUT2D eigenvalue weighted by Gasteiger charge is 2.20. The van der Waals surface area contributed by atoms with Crippen LogP contribution in [0.5, 0.6) is 0 Å². The highest BCUT2D eigenvalue weighted by molar-refractivity contribution is 5.14. The lowest BCUT2D eigenvalue weighted by Crippen LogP contribution is -2.23. The number of nitrogens with zero attached hydrogens (tertiary/aromatic N) is 6. The molecule has 7 heteroatoms. The summed E-state index contributed by atoms with van der Waals surface area (Å²) in [4.78, 5) is 13.3. The summed E-state index contributed by atoms with van der Waals surface area (Å²) in [5.41, 5.74) is 2.99. The minimum absolute atomic E-state index is 0.545. The summed E-state index contributed by atoms with van der Waals surface area (Å²) in [6.07, 6.45) is 3.20. The number of hydrogen-bond acceptors (Lipinski definition) is 6. The van der Waals surface area contributed by atoms with Crippen molar-refractivity contribution in [1.29, 1.82) is 0 Å². The Morgan fingerprint density at radius 1 is 1.32 bits per heavy atom. The second-order valence-corrected chi connectivity index (χ2v) is 6.94. The number of likely N-dealkylation sites (N-methyl/N-ethyl adjacent to an activating group) is 1. The van der Waals surface area contributed by atoms with Crippen LogP contribution < -0.4 is 0 Å². The first kappa shape index (κ1) is 18.0. The number of aliphatic hydroxyl groups is 1. The van der Waals surface area contributed by atoms with Crippen LogP contribution in [0.1, 0.15) is 42.4 Å². The fraction of sp³-hybridized carbons (Fsp3) is 0.611. The van der Waals surface area contributed by atoms with Gasteiger partial charge in [0, 0.05) is 45.3 Å². The molecule has 0 bridgehead atoms. The molecular weight excluding hydrogens is 316 g/mol. The molecule has 0 amide bonds. The van der Waals surface area contributed by atoms with Crippen molar-refractivity contribution in [2.24, 2.45) is 0 Å². The molecule has 0 saturated carbocycles. The van der Waals surface area contributed by atoms with Gasteiger partial charge in [0.15, 0.2) is 0 Å². The van der Waals surface area contributed by atoms with E-state index in [1.54, 1.807) is 0 Å². The zero-order valence-electron chi connectivity index (χ0n) is 15.4. The van der Waals surface area contributed by atoms with Gasteiger partial charge in [0.25, 0.3) is 0 Å². The molecule has 1 N–H and O–H groups in total. The Balaban J connectivity index is 1.71. The van der Waals surface area contributed by atoms with Gasteiger partial charge in [0.05, 0.1) is 17.1 Å². The normalized spacial score (nSPS) is 16.7. The van der Waals surface area contributed by atoms with Crippen molar-refractivity contribution >= 4 is 0 Å². The fourth-order valence-corrected chi connectivity index (χ4v) is 3.22. The number of rotatable bonds is 6. The predicted molar refractivity (Wildman–Crippen MR) is 95.9 cm³/mol. The average molecular weight is 344 g/mol. The first-order valence-electron chi connectivity index (χ1n) is 8.97. The second kappa shape index (κ2) is 8.03. The van der Waals surface area contributed by atoms with E-state index in [9.17, 15) is 5.11 Å². The maximum absolute atomic E-state index is 10.3. The molecule has 1 aliphatic rings. The van der Waals surface area contributed by atoms with Gasteiger partial charge < -0.3 is 10.0 Å². The molecule has 0 unspecified atom stereocenters. The average Bonchev–Trinajstić information content (AvgIpc) is 2.88. The molecule has 0 fully saturated rings. The van der Waals surface area contributed by atoms with E-state index in [0.717, 1.165) is 61.9 Å². The standard InChI is InChI=1S/C18H28N6O/c1-4-18-19-7-6-14(20-18)11-23-8-5-9-24-15(12-23)10-16(21-24)17(25)13-22(2)3/h6-7,10,17,25H,4-5,8-9,11-13H2,1-3H3/t17-/m1/s1. The first-order valence-corrected chi connectivity index (χ1v) is 8.97. The van der Waals surface area contributed by atoms with Gasteiger partial charge in [0.2, 0.25) is 0 Å². The maximum atomic E-state index is 10.3. The fourth-order valence-electron chi connectivity index (χ4n) is 3.22. The van der Waals surface area contributed by atoms with Crippen LogP contribution in [0.15, 0.2) is 18.3 Å². The molecule has 3 rings (SSSR count). The summed E-state index contributed by atoms with van der Waals surface area (Å²) in [6.45, 7) is 6.21. The zero-order chi connectivity index (χ0) is 17.8. The van der Waals surface area contributed by atoms with E-state index >= 15 is 0 Å². The van der Waals surface area contributed by atoms with Gasteiger partial charge in [-0.25, -0.2) is 9.97 Å². The summed E-state index contributed by atoms with van der Waals surface area (Å²) in [5.74, 6) is 0.895. The number of fused-ring (bicyclic) bond motifs is 1. The van der Waals surface area contributed by atoms with Crippen LogP contribution in [0.2, 0.25) is 0 Å². The largest absolute Gasteiger partial charge is 0.385 e. The van der Waals surface area contributed by atoms with Crippen LogP contribution in [0, 0.1) is 0 Å². The summed E-state index contributed by atoms with van der Waals surface area (Å²) < 4.78 is 2.05. The number of hydrogen-bond donors (Lipinski definition) is 1. The lowest BCUT2D eigenvalue weighted by atomic mass is 10.2. The van der Waals surface area contributed by atoms with E-state index in [1.165, 1.54) is 0 Å². The molecule has 0 radical (unpaired) electrons. The van der Waals surface area contributed by atoms with Gasteiger partial charge in [-0.1, -0.05) is 6.92 Å². The van der Waals surface area contributed by atoms with E-state index in [4.69, 9.17) is 0 Å². The smallest absolute Gasteiger partial charge is 0.128 e. The Kier molecular flexibility index (Phi) is 5.78. The Hall–Kier alpha value is -1.83. The van der Waals surface area contributed by atoms with Gasteiger partial charge in [-0.05, 0) is 32.6 Å². The van der Waals surface area contributed by atoms with E-state index < -0.39 is 6.10 Å². The third-order valence-corrected chi connectivity index (χ3v) is 4.46. The molecule has 0 saturated heterocycles. The SMILES string of the molecule is CCc1nccc(CN2CCCn3nc([C@H](O)CN(C)C)cc3C2)n1. The van der Waals surface area contributed by atoms with Gasteiger partial charge in [-0.15, -0.1) is 0 Å². The molecule has 136 valence electrons. The van der Waals surface area contributed by atoms with Crippen LogP contribution in [0.25, 0.3) is 0 Å².